The van der Waals surface area contributed by atoms with Gasteiger partial charge in [0.2, 0.25) is 0 Å². The van der Waals surface area contributed by atoms with E-state index in [4.69, 9.17) is 5.11 Å². The van der Waals surface area contributed by atoms with Crippen molar-refractivity contribution >= 4 is 5.97 Å². The molecule has 1 aliphatic rings. The lowest BCUT2D eigenvalue weighted by atomic mass is 9.64. The molecule has 2 rings (SSSR count). The summed E-state index contributed by atoms with van der Waals surface area (Å²) >= 11 is 0. The minimum Gasteiger partial charge on any atom is -0.478 e. The van der Waals surface area contributed by atoms with Crippen LogP contribution in [0.2, 0.25) is 0 Å². The van der Waals surface area contributed by atoms with E-state index in [-0.39, 0.29) is 23.1 Å². The summed E-state index contributed by atoms with van der Waals surface area (Å²) in [7, 11) is 0. The van der Waals surface area contributed by atoms with E-state index in [9.17, 15) is 9.90 Å². The van der Waals surface area contributed by atoms with Crippen molar-refractivity contribution in [3.8, 4) is 0 Å². The number of nitrogens with one attached hydrogen (secondary N) is 1. The molecule has 6 nitrogen and oxygen atoms in total. The molecule has 2 atom stereocenters. The number of aromatic carboxylic acids is 1. The van der Waals surface area contributed by atoms with Crippen molar-refractivity contribution in [2.24, 2.45) is 5.41 Å². The summed E-state index contributed by atoms with van der Waals surface area (Å²) in [6.45, 7) is 4.33. The van der Waals surface area contributed by atoms with E-state index in [0.717, 1.165) is 0 Å². The van der Waals surface area contributed by atoms with Crippen molar-refractivity contribution in [2.75, 3.05) is 0 Å². The number of carbonyl (C=O) groups is 1. The topological polar surface area (TPSA) is 95.3 Å². The SMILES string of the molecule is CC1(C)C(O)CC1NCc1ncncc1C(=O)O. The van der Waals surface area contributed by atoms with Crippen LogP contribution in [-0.2, 0) is 6.54 Å². The zero-order valence-electron chi connectivity index (χ0n) is 10.4. The van der Waals surface area contributed by atoms with Crippen LogP contribution >= 0.6 is 0 Å². The maximum atomic E-state index is 11.0. The van der Waals surface area contributed by atoms with Gasteiger partial charge < -0.3 is 15.5 Å². The quantitative estimate of drug-likeness (QED) is 0.718. The molecule has 1 aliphatic carbocycles. The molecule has 0 aromatic carbocycles. The first kappa shape index (κ1) is 12.9. The Kier molecular flexibility index (Phi) is 3.32. The molecule has 0 spiro atoms. The smallest absolute Gasteiger partial charge is 0.339 e. The van der Waals surface area contributed by atoms with Gasteiger partial charge in [-0.1, -0.05) is 13.8 Å². The van der Waals surface area contributed by atoms with Crippen LogP contribution in [0, 0.1) is 5.41 Å². The predicted octanol–water partition coefficient (Wildman–Crippen LogP) is 0.424. The lowest BCUT2D eigenvalue weighted by molar-refractivity contribution is -0.0731. The number of rotatable bonds is 4. The van der Waals surface area contributed by atoms with Crippen LogP contribution in [-0.4, -0.2) is 38.3 Å². The first-order valence-corrected chi connectivity index (χ1v) is 5.86. The Morgan fingerprint density at radius 1 is 1.61 bits per heavy atom. The third-order valence-electron chi connectivity index (χ3n) is 3.76. The highest BCUT2D eigenvalue weighted by atomic mass is 16.4. The fourth-order valence-corrected chi connectivity index (χ4v) is 2.14. The van der Waals surface area contributed by atoms with Crippen molar-refractivity contribution in [3.05, 3.63) is 23.8 Å². The third-order valence-corrected chi connectivity index (χ3v) is 3.76. The molecule has 1 aromatic heterocycles. The van der Waals surface area contributed by atoms with E-state index in [2.05, 4.69) is 15.3 Å². The normalized spacial score (nSPS) is 25.5. The van der Waals surface area contributed by atoms with E-state index in [1.807, 2.05) is 13.8 Å². The highest BCUT2D eigenvalue weighted by Crippen LogP contribution is 2.40. The molecule has 0 amide bonds. The Bertz CT molecular complexity index is 462. The number of nitrogens with zero attached hydrogens (tertiary/aromatic N) is 2. The number of hydrogen-bond acceptors (Lipinski definition) is 5. The maximum absolute atomic E-state index is 11.0. The van der Waals surface area contributed by atoms with Gasteiger partial charge in [-0.15, -0.1) is 0 Å². The van der Waals surface area contributed by atoms with Gasteiger partial charge in [-0.3, -0.25) is 0 Å². The second kappa shape index (κ2) is 4.62. The van der Waals surface area contributed by atoms with Crippen LogP contribution in [0.4, 0.5) is 0 Å². The van der Waals surface area contributed by atoms with E-state index in [1.54, 1.807) is 0 Å². The molecular formula is C12H17N3O3. The molecule has 3 N–H and O–H groups in total. The van der Waals surface area contributed by atoms with Gasteiger partial charge in [-0.2, -0.15) is 0 Å². The van der Waals surface area contributed by atoms with Gasteiger partial charge in [-0.25, -0.2) is 14.8 Å². The van der Waals surface area contributed by atoms with E-state index >= 15 is 0 Å². The molecular weight excluding hydrogens is 234 g/mol. The van der Waals surface area contributed by atoms with E-state index in [0.29, 0.717) is 18.7 Å². The summed E-state index contributed by atoms with van der Waals surface area (Å²) in [6.07, 6.45) is 3.01. The molecule has 0 bridgehead atoms. The largest absolute Gasteiger partial charge is 0.478 e. The fourth-order valence-electron chi connectivity index (χ4n) is 2.14. The van der Waals surface area contributed by atoms with Crippen LogP contribution in [0.15, 0.2) is 12.5 Å². The van der Waals surface area contributed by atoms with Crippen LogP contribution in [0.3, 0.4) is 0 Å². The minimum absolute atomic E-state index is 0.114. The Morgan fingerprint density at radius 2 is 2.33 bits per heavy atom. The highest BCUT2D eigenvalue weighted by molar-refractivity contribution is 5.88. The molecule has 1 heterocycles. The van der Waals surface area contributed by atoms with Crippen molar-refractivity contribution in [1.29, 1.82) is 0 Å². The molecule has 1 saturated carbocycles. The number of carboxylic acid groups (broad SMARTS) is 1. The van der Waals surface area contributed by atoms with Gasteiger partial charge in [0.1, 0.15) is 11.9 Å². The second-order valence-electron chi connectivity index (χ2n) is 5.19. The maximum Gasteiger partial charge on any atom is 0.339 e. The first-order chi connectivity index (χ1) is 8.43. The number of aliphatic hydroxyl groups is 1. The Morgan fingerprint density at radius 3 is 2.89 bits per heavy atom. The van der Waals surface area contributed by atoms with Crippen molar-refractivity contribution in [2.45, 2.75) is 39.0 Å². The lowest BCUT2D eigenvalue weighted by Crippen LogP contribution is -2.59. The molecule has 18 heavy (non-hydrogen) atoms. The molecule has 1 aromatic rings. The average Bonchev–Trinajstić information content (AvgIpc) is 2.34. The Balaban J connectivity index is 2.01. The van der Waals surface area contributed by atoms with Gasteiger partial charge in [-0.05, 0) is 6.42 Å². The summed E-state index contributed by atoms with van der Waals surface area (Å²) in [4.78, 5) is 18.7. The summed E-state index contributed by atoms with van der Waals surface area (Å²) in [6, 6.07) is 0.170. The number of aliphatic hydroxyl groups excluding tert-OH is 1. The molecule has 0 aliphatic heterocycles. The molecule has 0 saturated heterocycles. The number of hydrogen-bond donors (Lipinski definition) is 3. The predicted molar refractivity (Wildman–Crippen MR) is 64.0 cm³/mol. The molecule has 6 heteroatoms. The van der Waals surface area contributed by atoms with Gasteiger partial charge in [0.15, 0.2) is 0 Å². The molecule has 0 radical (unpaired) electrons. The number of aromatic nitrogens is 2. The summed E-state index contributed by atoms with van der Waals surface area (Å²) in [5.41, 5.74) is 0.397. The monoisotopic (exact) mass is 251 g/mol. The van der Waals surface area contributed by atoms with Crippen molar-refractivity contribution in [1.82, 2.24) is 15.3 Å². The average molecular weight is 251 g/mol. The summed E-state index contributed by atoms with van der Waals surface area (Å²) < 4.78 is 0. The second-order valence-corrected chi connectivity index (χ2v) is 5.19. The van der Waals surface area contributed by atoms with Gasteiger partial charge in [0.25, 0.3) is 0 Å². The zero-order valence-corrected chi connectivity index (χ0v) is 10.4. The molecule has 98 valence electrons. The fraction of sp³-hybridized carbons (Fsp3) is 0.583. The summed E-state index contributed by atoms with van der Waals surface area (Å²) in [5, 5.41) is 21.9. The van der Waals surface area contributed by atoms with Crippen LogP contribution in [0.5, 0.6) is 0 Å². The number of carboxylic acids is 1. The van der Waals surface area contributed by atoms with Gasteiger partial charge in [0.05, 0.1) is 11.8 Å². The minimum atomic E-state index is -1.03. The zero-order chi connectivity index (χ0) is 13.3. The first-order valence-electron chi connectivity index (χ1n) is 5.86. The van der Waals surface area contributed by atoms with E-state index < -0.39 is 5.97 Å². The van der Waals surface area contributed by atoms with Crippen LogP contribution < -0.4 is 5.32 Å². The van der Waals surface area contributed by atoms with E-state index in [1.165, 1.54) is 12.5 Å². The van der Waals surface area contributed by atoms with Crippen LogP contribution in [0.25, 0.3) is 0 Å². The molecule has 2 unspecified atom stereocenters. The third kappa shape index (κ3) is 2.21. The Labute approximate surface area is 105 Å². The van der Waals surface area contributed by atoms with Crippen molar-refractivity contribution < 1.29 is 15.0 Å². The summed E-state index contributed by atoms with van der Waals surface area (Å²) in [5.74, 6) is -1.03. The standard InChI is InChI=1S/C12H17N3O3/c1-12(2)9(3-10(12)16)14-5-8-7(11(17)18)4-13-6-15-8/h4,6,9-10,14,16H,3,5H2,1-2H3,(H,17,18). The lowest BCUT2D eigenvalue weighted by Gasteiger charge is -2.49. The van der Waals surface area contributed by atoms with Crippen molar-refractivity contribution in [3.63, 3.8) is 0 Å². The van der Waals surface area contributed by atoms with Gasteiger partial charge in [0, 0.05) is 24.2 Å². The van der Waals surface area contributed by atoms with Gasteiger partial charge >= 0.3 is 5.97 Å². The molecule has 1 fully saturated rings. The highest BCUT2D eigenvalue weighted by Gasteiger charge is 2.46. The van der Waals surface area contributed by atoms with Crippen LogP contribution in [0.1, 0.15) is 36.3 Å². The Hall–Kier alpha value is -1.53.